The number of ether oxygens (including phenoxy) is 1. The van der Waals surface area contributed by atoms with Crippen molar-refractivity contribution in [3.63, 3.8) is 0 Å². The maximum Gasteiger partial charge on any atom is 0.223 e. The minimum absolute atomic E-state index is 0.142. The Morgan fingerprint density at radius 2 is 2.19 bits per heavy atom. The van der Waals surface area contributed by atoms with Crippen molar-refractivity contribution in [1.82, 2.24) is 10.6 Å². The number of carbonyl (C=O) groups excluding carboxylic acids is 1. The van der Waals surface area contributed by atoms with Gasteiger partial charge in [0.2, 0.25) is 5.91 Å². The Kier molecular flexibility index (Phi) is 3.82. The summed E-state index contributed by atoms with van der Waals surface area (Å²) in [5.41, 5.74) is 0. The van der Waals surface area contributed by atoms with Gasteiger partial charge in [-0.05, 0) is 38.3 Å². The predicted octanol–water partition coefficient (Wildman–Crippen LogP) is 0.526. The first-order chi connectivity index (χ1) is 7.70. The molecule has 0 spiro atoms. The lowest BCUT2D eigenvalue weighted by molar-refractivity contribution is -0.127. The third-order valence-corrected chi connectivity index (χ3v) is 4.00. The van der Waals surface area contributed by atoms with Crippen LogP contribution in [0, 0.1) is 11.8 Å². The van der Waals surface area contributed by atoms with Crippen LogP contribution < -0.4 is 10.6 Å². The second-order valence-electron chi connectivity index (χ2n) is 5.08. The lowest BCUT2D eigenvalue weighted by Gasteiger charge is -2.32. The van der Waals surface area contributed by atoms with E-state index in [9.17, 15) is 4.79 Å². The van der Waals surface area contributed by atoms with E-state index in [0.29, 0.717) is 18.1 Å². The number of nitrogens with one attached hydrogen (secondary N) is 2. The Bertz CT molecular complexity index is 253. The van der Waals surface area contributed by atoms with E-state index in [1.807, 2.05) is 6.92 Å². The molecule has 0 aromatic carbocycles. The van der Waals surface area contributed by atoms with Gasteiger partial charge in [-0.1, -0.05) is 6.92 Å². The van der Waals surface area contributed by atoms with Crippen molar-refractivity contribution < 1.29 is 9.53 Å². The molecule has 2 N–H and O–H groups in total. The van der Waals surface area contributed by atoms with Gasteiger partial charge in [0, 0.05) is 19.1 Å². The van der Waals surface area contributed by atoms with Crippen LogP contribution in [-0.2, 0) is 9.53 Å². The van der Waals surface area contributed by atoms with Crippen molar-refractivity contribution in [3.8, 4) is 0 Å². The molecule has 92 valence electrons. The van der Waals surface area contributed by atoms with Crippen LogP contribution in [0.5, 0.6) is 0 Å². The molecule has 3 unspecified atom stereocenters. The number of hydrogen-bond acceptors (Lipinski definition) is 3. The van der Waals surface area contributed by atoms with E-state index in [0.717, 1.165) is 32.4 Å². The first-order valence-corrected chi connectivity index (χ1v) is 6.24. The van der Waals surface area contributed by atoms with E-state index in [2.05, 4.69) is 10.6 Å². The summed E-state index contributed by atoms with van der Waals surface area (Å²) in [5.74, 6) is 0.885. The molecule has 1 amide bonds. The van der Waals surface area contributed by atoms with Crippen molar-refractivity contribution in [2.24, 2.45) is 11.8 Å². The normalized spacial score (nSPS) is 32.1. The molecule has 1 saturated heterocycles. The second-order valence-corrected chi connectivity index (χ2v) is 5.08. The van der Waals surface area contributed by atoms with Gasteiger partial charge in [0.05, 0.1) is 6.10 Å². The molecule has 1 heterocycles. The number of hydrogen-bond donors (Lipinski definition) is 2. The predicted molar refractivity (Wildman–Crippen MR) is 62.1 cm³/mol. The first kappa shape index (κ1) is 11.9. The van der Waals surface area contributed by atoms with Crippen LogP contribution in [0.2, 0.25) is 0 Å². The average molecular weight is 226 g/mol. The smallest absolute Gasteiger partial charge is 0.223 e. The second kappa shape index (κ2) is 5.15. The van der Waals surface area contributed by atoms with Gasteiger partial charge < -0.3 is 15.4 Å². The van der Waals surface area contributed by atoms with Crippen molar-refractivity contribution in [2.45, 2.75) is 38.3 Å². The van der Waals surface area contributed by atoms with Crippen LogP contribution in [0.4, 0.5) is 0 Å². The fourth-order valence-corrected chi connectivity index (χ4v) is 2.50. The van der Waals surface area contributed by atoms with E-state index in [-0.39, 0.29) is 11.8 Å². The molecule has 1 saturated carbocycles. The third-order valence-electron chi connectivity index (χ3n) is 4.00. The Labute approximate surface area is 97.1 Å². The standard InChI is InChI=1S/C12H22N2O2/c1-8(9-6-13-7-9)12(15)14-10-3-4-11(5-10)16-2/h8-11,13H,3-7H2,1-2H3,(H,14,15). The summed E-state index contributed by atoms with van der Waals surface area (Å²) >= 11 is 0. The van der Waals surface area contributed by atoms with Crippen molar-refractivity contribution in [3.05, 3.63) is 0 Å². The molecule has 0 aromatic rings. The van der Waals surface area contributed by atoms with Crippen molar-refractivity contribution >= 4 is 5.91 Å². The molecule has 4 heteroatoms. The zero-order chi connectivity index (χ0) is 11.5. The molecule has 3 atom stereocenters. The Morgan fingerprint density at radius 3 is 2.69 bits per heavy atom. The number of rotatable bonds is 4. The van der Waals surface area contributed by atoms with Crippen LogP contribution in [-0.4, -0.2) is 38.3 Å². The molecule has 4 nitrogen and oxygen atoms in total. The summed E-state index contributed by atoms with van der Waals surface area (Å²) in [7, 11) is 1.75. The molecule has 0 radical (unpaired) electrons. The maximum atomic E-state index is 11.9. The van der Waals surface area contributed by atoms with Gasteiger partial charge in [-0.25, -0.2) is 0 Å². The highest BCUT2D eigenvalue weighted by atomic mass is 16.5. The van der Waals surface area contributed by atoms with Crippen molar-refractivity contribution in [2.75, 3.05) is 20.2 Å². The van der Waals surface area contributed by atoms with Gasteiger partial charge in [0.15, 0.2) is 0 Å². The fraction of sp³-hybridized carbons (Fsp3) is 0.917. The lowest BCUT2D eigenvalue weighted by atomic mass is 9.88. The molecule has 1 aliphatic carbocycles. The van der Waals surface area contributed by atoms with Crippen LogP contribution in [0.1, 0.15) is 26.2 Å². The highest BCUT2D eigenvalue weighted by molar-refractivity contribution is 5.79. The molecule has 16 heavy (non-hydrogen) atoms. The maximum absolute atomic E-state index is 11.9. The summed E-state index contributed by atoms with van der Waals surface area (Å²) < 4.78 is 5.30. The Balaban J connectivity index is 1.74. The molecular formula is C12H22N2O2. The molecule has 0 bridgehead atoms. The van der Waals surface area contributed by atoms with Crippen LogP contribution in [0.3, 0.4) is 0 Å². The summed E-state index contributed by atoms with van der Waals surface area (Å²) in [6, 6.07) is 0.327. The zero-order valence-electron chi connectivity index (χ0n) is 10.2. The van der Waals surface area contributed by atoms with E-state index < -0.39 is 0 Å². The van der Waals surface area contributed by atoms with E-state index in [4.69, 9.17) is 4.74 Å². The van der Waals surface area contributed by atoms with E-state index >= 15 is 0 Å². The third kappa shape index (κ3) is 2.55. The monoisotopic (exact) mass is 226 g/mol. The quantitative estimate of drug-likeness (QED) is 0.735. The first-order valence-electron chi connectivity index (χ1n) is 6.24. The summed E-state index contributed by atoms with van der Waals surface area (Å²) in [5, 5.41) is 6.35. The summed E-state index contributed by atoms with van der Waals surface area (Å²) in [6.07, 6.45) is 3.43. The summed E-state index contributed by atoms with van der Waals surface area (Å²) in [4.78, 5) is 11.9. The van der Waals surface area contributed by atoms with Gasteiger partial charge in [0.1, 0.15) is 0 Å². The lowest BCUT2D eigenvalue weighted by Crippen LogP contribution is -2.50. The Hall–Kier alpha value is -0.610. The topological polar surface area (TPSA) is 50.4 Å². The molecule has 0 aromatic heterocycles. The fourth-order valence-electron chi connectivity index (χ4n) is 2.50. The largest absolute Gasteiger partial charge is 0.381 e. The van der Waals surface area contributed by atoms with Crippen molar-refractivity contribution in [1.29, 1.82) is 0 Å². The number of amides is 1. The van der Waals surface area contributed by atoms with Gasteiger partial charge in [-0.2, -0.15) is 0 Å². The molecule has 2 rings (SSSR count). The SMILES string of the molecule is COC1CCC(NC(=O)C(C)C2CNC2)C1. The average Bonchev–Trinajstić information content (AvgIpc) is 2.62. The highest BCUT2D eigenvalue weighted by Crippen LogP contribution is 2.23. The van der Waals surface area contributed by atoms with Gasteiger partial charge in [-0.3, -0.25) is 4.79 Å². The number of methoxy groups -OCH3 is 1. The van der Waals surface area contributed by atoms with E-state index in [1.165, 1.54) is 0 Å². The molecule has 2 aliphatic rings. The van der Waals surface area contributed by atoms with Gasteiger partial charge in [-0.15, -0.1) is 0 Å². The summed E-state index contributed by atoms with van der Waals surface area (Å²) in [6.45, 7) is 4.00. The molecular weight excluding hydrogens is 204 g/mol. The molecule has 1 aliphatic heterocycles. The zero-order valence-corrected chi connectivity index (χ0v) is 10.2. The minimum atomic E-state index is 0.142. The molecule has 2 fully saturated rings. The Morgan fingerprint density at radius 1 is 1.44 bits per heavy atom. The van der Waals surface area contributed by atoms with Gasteiger partial charge >= 0.3 is 0 Å². The van der Waals surface area contributed by atoms with Crippen LogP contribution in [0.15, 0.2) is 0 Å². The van der Waals surface area contributed by atoms with Crippen LogP contribution in [0.25, 0.3) is 0 Å². The number of carbonyl (C=O) groups is 1. The van der Waals surface area contributed by atoms with Gasteiger partial charge in [0.25, 0.3) is 0 Å². The van der Waals surface area contributed by atoms with Crippen LogP contribution >= 0.6 is 0 Å². The van der Waals surface area contributed by atoms with E-state index in [1.54, 1.807) is 7.11 Å². The highest BCUT2D eigenvalue weighted by Gasteiger charge is 2.31. The minimum Gasteiger partial charge on any atom is -0.381 e.